The number of aromatic nitrogens is 4. The first-order valence-electron chi connectivity index (χ1n) is 8.30. The SMILES string of the molecule is CC(Cn1cccn1)c1ccc(Oc2ccc(C(F)(F)F)nc2)nc1C(F)(F)F. The van der Waals surface area contributed by atoms with Gasteiger partial charge in [0.25, 0.3) is 0 Å². The summed E-state index contributed by atoms with van der Waals surface area (Å²) in [5, 5.41) is 3.97. The quantitative estimate of drug-likeness (QED) is 0.530. The average Bonchev–Trinajstić information content (AvgIpc) is 3.13. The lowest BCUT2D eigenvalue weighted by atomic mass is 9.99. The van der Waals surface area contributed by atoms with Crippen LogP contribution in [0.1, 0.15) is 29.8 Å². The Kier molecular flexibility index (Phi) is 5.49. The highest BCUT2D eigenvalue weighted by atomic mass is 19.4. The van der Waals surface area contributed by atoms with Crippen LogP contribution in [0.4, 0.5) is 26.3 Å². The fraction of sp³-hybridized carbons (Fsp3) is 0.278. The number of nitrogens with zero attached hydrogens (tertiary/aromatic N) is 4. The molecule has 0 amide bonds. The van der Waals surface area contributed by atoms with Crippen LogP contribution in [-0.2, 0) is 18.9 Å². The fourth-order valence-corrected chi connectivity index (χ4v) is 2.65. The Morgan fingerprint density at radius 2 is 1.79 bits per heavy atom. The maximum atomic E-state index is 13.5. The van der Waals surface area contributed by atoms with Gasteiger partial charge in [0.05, 0.1) is 6.20 Å². The number of halogens is 6. The summed E-state index contributed by atoms with van der Waals surface area (Å²) in [5.41, 5.74) is -2.32. The van der Waals surface area contributed by atoms with E-state index in [9.17, 15) is 26.3 Å². The van der Waals surface area contributed by atoms with Crippen molar-refractivity contribution in [2.45, 2.75) is 31.7 Å². The molecule has 11 heteroatoms. The van der Waals surface area contributed by atoms with Gasteiger partial charge in [0, 0.05) is 30.9 Å². The van der Waals surface area contributed by atoms with Crippen molar-refractivity contribution in [1.82, 2.24) is 19.7 Å². The molecule has 3 aromatic rings. The van der Waals surface area contributed by atoms with Crippen molar-refractivity contribution < 1.29 is 31.1 Å². The largest absolute Gasteiger partial charge is 0.437 e. The molecule has 1 unspecified atom stereocenters. The first-order chi connectivity index (χ1) is 13.5. The van der Waals surface area contributed by atoms with E-state index in [1.807, 2.05) is 0 Å². The van der Waals surface area contributed by atoms with Gasteiger partial charge in [-0.3, -0.25) is 4.68 Å². The van der Waals surface area contributed by atoms with Crippen LogP contribution in [-0.4, -0.2) is 19.7 Å². The van der Waals surface area contributed by atoms with Crippen LogP contribution >= 0.6 is 0 Å². The second kappa shape index (κ2) is 7.72. The smallest absolute Gasteiger partial charge is 0.433 e. The van der Waals surface area contributed by atoms with Crippen LogP contribution in [0, 0.1) is 0 Å². The second-order valence-corrected chi connectivity index (χ2v) is 6.19. The lowest BCUT2D eigenvalue weighted by molar-refractivity contribution is -0.142. The summed E-state index contributed by atoms with van der Waals surface area (Å²) in [6, 6.07) is 5.74. The van der Waals surface area contributed by atoms with Gasteiger partial charge >= 0.3 is 12.4 Å². The molecule has 0 aliphatic heterocycles. The molecule has 0 spiro atoms. The number of hydrogen-bond acceptors (Lipinski definition) is 4. The first-order valence-corrected chi connectivity index (χ1v) is 8.30. The predicted octanol–water partition coefficient (Wildman–Crippen LogP) is 5.31. The van der Waals surface area contributed by atoms with Crippen molar-refractivity contribution in [1.29, 1.82) is 0 Å². The highest BCUT2D eigenvalue weighted by Crippen LogP contribution is 2.36. The van der Waals surface area contributed by atoms with Crippen LogP contribution in [0.25, 0.3) is 0 Å². The molecule has 0 saturated heterocycles. The zero-order valence-corrected chi connectivity index (χ0v) is 14.9. The van der Waals surface area contributed by atoms with E-state index in [0.717, 1.165) is 12.3 Å². The third kappa shape index (κ3) is 5.04. The Bertz CT molecular complexity index is 952. The van der Waals surface area contributed by atoms with Crippen LogP contribution in [0.2, 0.25) is 0 Å². The molecule has 3 aromatic heterocycles. The second-order valence-electron chi connectivity index (χ2n) is 6.19. The molecular formula is C18H14F6N4O. The third-order valence-electron chi connectivity index (χ3n) is 3.97. The summed E-state index contributed by atoms with van der Waals surface area (Å²) in [4.78, 5) is 6.73. The molecular weight excluding hydrogens is 402 g/mol. The van der Waals surface area contributed by atoms with Crippen LogP contribution < -0.4 is 4.74 Å². The molecule has 0 aliphatic rings. The van der Waals surface area contributed by atoms with E-state index in [4.69, 9.17) is 4.74 Å². The van der Waals surface area contributed by atoms with Crippen LogP contribution in [0.5, 0.6) is 11.6 Å². The normalized spacial score (nSPS) is 13.3. The minimum absolute atomic E-state index is 0.0501. The highest BCUT2D eigenvalue weighted by molar-refractivity contribution is 5.33. The van der Waals surface area contributed by atoms with Gasteiger partial charge in [-0.15, -0.1) is 0 Å². The van der Waals surface area contributed by atoms with Crippen LogP contribution in [0.15, 0.2) is 48.9 Å². The Morgan fingerprint density at radius 1 is 1.03 bits per heavy atom. The molecule has 5 nitrogen and oxygen atoms in total. The van der Waals surface area contributed by atoms with Crippen molar-refractivity contribution in [3.63, 3.8) is 0 Å². The highest BCUT2D eigenvalue weighted by Gasteiger charge is 2.37. The summed E-state index contributed by atoms with van der Waals surface area (Å²) in [5.74, 6) is -1.13. The van der Waals surface area contributed by atoms with Crippen molar-refractivity contribution in [2.24, 2.45) is 0 Å². The summed E-state index contributed by atoms with van der Waals surface area (Å²) in [6.45, 7) is 1.81. The minimum atomic E-state index is -4.74. The van der Waals surface area contributed by atoms with E-state index in [1.54, 1.807) is 19.2 Å². The molecule has 1 atom stereocenters. The molecule has 0 bridgehead atoms. The van der Waals surface area contributed by atoms with Crippen molar-refractivity contribution in [2.75, 3.05) is 0 Å². The number of rotatable bonds is 5. The summed E-state index contributed by atoms with van der Waals surface area (Å²) >= 11 is 0. The Hall–Kier alpha value is -3.11. The van der Waals surface area contributed by atoms with Crippen molar-refractivity contribution in [3.05, 3.63) is 65.9 Å². The summed E-state index contributed by atoms with van der Waals surface area (Å²) in [7, 11) is 0. The molecule has 3 rings (SSSR count). The number of hydrogen-bond donors (Lipinski definition) is 0. The van der Waals surface area contributed by atoms with Crippen molar-refractivity contribution >= 4 is 0 Å². The van der Waals surface area contributed by atoms with E-state index in [0.29, 0.717) is 6.07 Å². The lowest BCUT2D eigenvalue weighted by Crippen LogP contribution is -2.16. The lowest BCUT2D eigenvalue weighted by Gasteiger charge is -2.18. The van der Waals surface area contributed by atoms with E-state index in [2.05, 4.69) is 15.1 Å². The number of ether oxygens (including phenoxy) is 1. The van der Waals surface area contributed by atoms with Gasteiger partial charge < -0.3 is 4.74 Å². The number of pyridine rings is 2. The molecule has 0 fully saturated rings. The molecule has 0 saturated carbocycles. The molecule has 0 radical (unpaired) electrons. The predicted molar refractivity (Wildman–Crippen MR) is 89.2 cm³/mol. The van der Waals surface area contributed by atoms with Gasteiger partial charge in [-0.2, -0.15) is 31.4 Å². The van der Waals surface area contributed by atoms with Gasteiger partial charge in [0.1, 0.15) is 11.4 Å². The average molecular weight is 416 g/mol. The molecule has 0 aromatic carbocycles. The van der Waals surface area contributed by atoms with Gasteiger partial charge in [-0.05, 0) is 23.8 Å². The third-order valence-corrected chi connectivity index (χ3v) is 3.97. The van der Waals surface area contributed by atoms with E-state index >= 15 is 0 Å². The standard InChI is InChI=1S/C18H14F6N4O/c1-11(10-28-8-2-7-26-28)13-4-6-15(27-16(13)18(22,23)24)29-12-3-5-14(25-9-12)17(19,20)21/h2-9,11H,10H2,1H3. The monoisotopic (exact) mass is 416 g/mol. The van der Waals surface area contributed by atoms with Crippen molar-refractivity contribution in [3.8, 4) is 11.6 Å². The maximum absolute atomic E-state index is 13.5. The van der Waals surface area contributed by atoms with Gasteiger partial charge in [0.15, 0.2) is 5.69 Å². The molecule has 154 valence electrons. The van der Waals surface area contributed by atoms with Crippen LogP contribution in [0.3, 0.4) is 0 Å². The minimum Gasteiger partial charge on any atom is -0.437 e. The van der Waals surface area contributed by atoms with Gasteiger partial charge in [-0.25, -0.2) is 9.97 Å². The Labute approximate surface area is 161 Å². The summed E-state index contributed by atoms with van der Waals surface area (Å²) < 4.78 is 84.8. The Balaban J connectivity index is 1.85. The topological polar surface area (TPSA) is 52.8 Å². The van der Waals surface area contributed by atoms with Gasteiger partial charge in [0.2, 0.25) is 5.88 Å². The zero-order valence-electron chi connectivity index (χ0n) is 14.9. The van der Waals surface area contributed by atoms with E-state index in [1.165, 1.54) is 23.0 Å². The van der Waals surface area contributed by atoms with E-state index < -0.39 is 35.5 Å². The summed E-state index contributed by atoms with van der Waals surface area (Å²) in [6.07, 6.45) is -5.46. The zero-order chi connectivity index (χ0) is 21.2. The van der Waals surface area contributed by atoms with Gasteiger partial charge in [-0.1, -0.05) is 13.0 Å². The fourth-order valence-electron chi connectivity index (χ4n) is 2.65. The Morgan fingerprint density at radius 3 is 2.34 bits per heavy atom. The molecule has 3 heterocycles. The first kappa shape index (κ1) is 20.6. The molecule has 0 N–H and O–H groups in total. The molecule has 0 aliphatic carbocycles. The number of alkyl halides is 6. The van der Waals surface area contributed by atoms with E-state index in [-0.39, 0.29) is 17.9 Å². The maximum Gasteiger partial charge on any atom is 0.433 e. The molecule has 29 heavy (non-hydrogen) atoms.